The molecule has 128 valence electrons. The number of nitrogens with zero attached hydrogens (tertiary/aromatic N) is 3. The van der Waals surface area contributed by atoms with E-state index in [1.165, 1.54) is 16.0 Å². The van der Waals surface area contributed by atoms with Gasteiger partial charge >= 0.3 is 0 Å². The van der Waals surface area contributed by atoms with Crippen LogP contribution < -0.4 is 5.32 Å². The molecule has 1 aliphatic rings. The van der Waals surface area contributed by atoms with E-state index in [2.05, 4.69) is 24.3 Å². The molecule has 3 rings (SSSR count). The van der Waals surface area contributed by atoms with Gasteiger partial charge in [0, 0.05) is 26.2 Å². The lowest BCUT2D eigenvalue weighted by molar-refractivity contribution is 0.0616. The van der Waals surface area contributed by atoms with Gasteiger partial charge in [0.25, 0.3) is 11.8 Å². The van der Waals surface area contributed by atoms with Crippen molar-refractivity contribution in [3.8, 4) is 0 Å². The molecule has 24 heavy (non-hydrogen) atoms. The Morgan fingerprint density at radius 1 is 1.29 bits per heavy atom. The maximum atomic E-state index is 12.7. The summed E-state index contributed by atoms with van der Waals surface area (Å²) in [5.74, 6) is 1.27. The van der Waals surface area contributed by atoms with Crippen molar-refractivity contribution in [2.24, 2.45) is 18.9 Å². The van der Waals surface area contributed by atoms with E-state index in [9.17, 15) is 9.59 Å². The largest absolute Gasteiger partial charge is 0.337 e. The van der Waals surface area contributed by atoms with Crippen molar-refractivity contribution >= 4 is 29.0 Å². The number of thiophene rings is 1. The first-order valence-electron chi connectivity index (χ1n) is 8.12. The lowest BCUT2D eigenvalue weighted by Gasteiger charge is -2.34. The number of aromatic nitrogens is 2. The number of hydrogen-bond acceptors (Lipinski definition) is 4. The molecule has 6 nitrogen and oxygen atoms in total. The highest BCUT2D eigenvalue weighted by atomic mass is 32.1. The summed E-state index contributed by atoms with van der Waals surface area (Å²) in [5.41, 5.74) is 0.375. The smallest absolute Gasteiger partial charge is 0.274 e. The average Bonchev–Trinajstić information content (AvgIpc) is 3.16. The van der Waals surface area contributed by atoms with E-state index in [4.69, 9.17) is 0 Å². The molecule has 3 heterocycles. The second kappa shape index (κ2) is 6.76. The van der Waals surface area contributed by atoms with Crippen LogP contribution in [0.1, 0.15) is 40.4 Å². The third kappa shape index (κ3) is 3.51. The molecule has 1 saturated heterocycles. The Hall–Kier alpha value is -2.15. The summed E-state index contributed by atoms with van der Waals surface area (Å²) in [6.07, 6.45) is 1.15. The molecule has 1 N–H and O–H groups in total. The zero-order valence-electron chi connectivity index (χ0n) is 14.2. The molecule has 7 heteroatoms. The molecule has 1 aliphatic heterocycles. The third-order valence-electron chi connectivity index (χ3n) is 4.24. The van der Waals surface area contributed by atoms with Crippen LogP contribution in [0.2, 0.25) is 0 Å². The summed E-state index contributed by atoms with van der Waals surface area (Å²) in [4.78, 5) is 27.4. The van der Waals surface area contributed by atoms with Gasteiger partial charge in [-0.3, -0.25) is 14.3 Å². The summed E-state index contributed by atoms with van der Waals surface area (Å²) in [7, 11) is 1.72. The standard InChI is InChI=1S/C17H22N4O2S/c1-11-7-12(2)10-21(9-11)17(23)13-8-15(20(3)19-13)18-16(22)14-5-4-6-24-14/h4-6,8,11-12H,7,9-10H2,1-3H3,(H,18,22)/t11-,12-/m0/s1. The minimum Gasteiger partial charge on any atom is -0.337 e. The van der Waals surface area contributed by atoms with E-state index in [-0.39, 0.29) is 11.8 Å². The normalized spacial score (nSPS) is 20.9. The highest BCUT2D eigenvalue weighted by molar-refractivity contribution is 7.12. The SMILES string of the molecule is C[C@H]1C[C@H](C)CN(C(=O)c2cc(NC(=O)c3cccs3)n(C)n2)C1. The number of nitrogens with one attached hydrogen (secondary N) is 1. The van der Waals surface area contributed by atoms with Gasteiger partial charge in [-0.1, -0.05) is 19.9 Å². The van der Waals surface area contributed by atoms with E-state index in [0.29, 0.717) is 28.2 Å². The molecule has 0 spiro atoms. The highest BCUT2D eigenvalue weighted by Gasteiger charge is 2.28. The molecule has 2 aromatic rings. The Morgan fingerprint density at radius 3 is 2.62 bits per heavy atom. The number of rotatable bonds is 3. The van der Waals surface area contributed by atoms with Gasteiger partial charge in [0.05, 0.1) is 4.88 Å². The van der Waals surface area contributed by atoms with Gasteiger partial charge in [-0.05, 0) is 29.7 Å². The van der Waals surface area contributed by atoms with Gasteiger partial charge in [-0.25, -0.2) is 0 Å². The fourth-order valence-electron chi connectivity index (χ4n) is 3.27. The molecule has 0 aromatic carbocycles. The fourth-order valence-corrected chi connectivity index (χ4v) is 3.88. The second-order valence-corrected chi connectivity index (χ2v) is 7.57. The van der Waals surface area contributed by atoms with E-state index >= 15 is 0 Å². The van der Waals surface area contributed by atoms with Gasteiger partial charge in [0.1, 0.15) is 5.82 Å². The Morgan fingerprint density at radius 2 is 2.00 bits per heavy atom. The maximum absolute atomic E-state index is 12.7. The first-order chi connectivity index (χ1) is 11.4. The number of hydrogen-bond donors (Lipinski definition) is 1. The van der Waals surface area contributed by atoms with Gasteiger partial charge in [0.2, 0.25) is 0 Å². The van der Waals surface area contributed by atoms with Crippen LogP contribution in [-0.4, -0.2) is 39.6 Å². The van der Waals surface area contributed by atoms with Crippen LogP contribution in [0.5, 0.6) is 0 Å². The van der Waals surface area contributed by atoms with Crippen LogP contribution in [0.4, 0.5) is 5.82 Å². The van der Waals surface area contributed by atoms with Gasteiger partial charge in [-0.15, -0.1) is 11.3 Å². The molecule has 0 aliphatic carbocycles. The molecule has 2 amide bonds. The van der Waals surface area contributed by atoms with Crippen LogP contribution in [0.15, 0.2) is 23.6 Å². The van der Waals surface area contributed by atoms with E-state index in [1.807, 2.05) is 16.3 Å². The topological polar surface area (TPSA) is 67.2 Å². The molecular formula is C17H22N4O2S. The Balaban J connectivity index is 1.73. The number of piperidine rings is 1. The number of likely N-dealkylation sites (tertiary alicyclic amines) is 1. The summed E-state index contributed by atoms with van der Waals surface area (Å²) >= 11 is 1.38. The van der Waals surface area contributed by atoms with Crippen LogP contribution >= 0.6 is 11.3 Å². The fraction of sp³-hybridized carbons (Fsp3) is 0.471. The molecule has 0 unspecified atom stereocenters. The van der Waals surface area contributed by atoms with Crippen molar-refractivity contribution in [1.82, 2.24) is 14.7 Å². The minimum absolute atomic E-state index is 0.0689. The molecule has 2 aromatic heterocycles. The van der Waals surface area contributed by atoms with Crippen molar-refractivity contribution in [2.45, 2.75) is 20.3 Å². The summed E-state index contributed by atoms with van der Waals surface area (Å²) in [6, 6.07) is 5.24. The number of amides is 2. The molecule has 0 radical (unpaired) electrons. The van der Waals surface area contributed by atoms with Crippen LogP contribution in [0.25, 0.3) is 0 Å². The van der Waals surface area contributed by atoms with Crippen molar-refractivity contribution in [2.75, 3.05) is 18.4 Å². The maximum Gasteiger partial charge on any atom is 0.274 e. The third-order valence-corrected chi connectivity index (χ3v) is 5.11. The predicted octanol–water partition coefficient (Wildman–Crippen LogP) is 2.85. The molecule has 1 fully saturated rings. The quantitative estimate of drug-likeness (QED) is 0.929. The number of aryl methyl sites for hydroxylation is 1. The minimum atomic E-state index is -0.188. The Bertz CT molecular complexity index is 728. The van der Waals surface area contributed by atoms with Crippen molar-refractivity contribution in [1.29, 1.82) is 0 Å². The summed E-state index contributed by atoms with van der Waals surface area (Å²) in [5, 5.41) is 8.95. The van der Waals surface area contributed by atoms with Gasteiger partial charge in [0.15, 0.2) is 5.69 Å². The molecule has 0 saturated carbocycles. The van der Waals surface area contributed by atoms with Crippen molar-refractivity contribution in [3.63, 3.8) is 0 Å². The van der Waals surface area contributed by atoms with Crippen molar-refractivity contribution in [3.05, 3.63) is 34.2 Å². The van der Waals surface area contributed by atoms with Crippen LogP contribution in [0, 0.1) is 11.8 Å². The van der Waals surface area contributed by atoms with E-state index < -0.39 is 0 Å². The monoisotopic (exact) mass is 346 g/mol. The van der Waals surface area contributed by atoms with Gasteiger partial charge in [-0.2, -0.15) is 5.10 Å². The van der Waals surface area contributed by atoms with E-state index in [1.54, 1.807) is 19.2 Å². The predicted molar refractivity (Wildman–Crippen MR) is 94.3 cm³/mol. The molecule has 0 bridgehead atoms. The van der Waals surface area contributed by atoms with Crippen LogP contribution in [-0.2, 0) is 7.05 Å². The summed E-state index contributed by atoms with van der Waals surface area (Å²) in [6.45, 7) is 5.86. The zero-order valence-corrected chi connectivity index (χ0v) is 15.0. The molecular weight excluding hydrogens is 324 g/mol. The first-order valence-corrected chi connectivity index (χ1v) is 9.00. The number of carbonyl (C=O) groups excluding carboxylic acids is 2. The molecule has 2 atom stereocenters. The number of anilines is 1. The summed E-state index contributed by atoms with van der Waals surface area (Å²) < 4.78 is 1.54. The van der Waals surface area contributed by atoms with Crippen molar-refractivity contribution < 1.29 is 9.59 Å². The highest BCUT2D eigenvalue weighted by Crippen LogP contribution is 2.23. The lowest BCUT2D eigenvalue weighted by atomic mass is 9.92. The lowest BCUT2D eigenvalue weighted by Crippen LogP contribution is -2.42. The first kappa shape index (κ1) is 16.7. The Kier molecular flexibility index (Phi) is 4.71. The average molecular weight is 346 g/mol. The number of carbonyl (C=O) groups is 2. The zero-order chi connectivity index (χ0) is 17.3. The van der Waals surface area contributed by atoms with Gasteiger partial charge < -0.3 is 10.2 Å². The van der Waals surface area contributed by atoms with Crippen LogP contribution in [0.3, 0.4) is 0 Å². The Labute approximate surface area is 145 Å². The van der Waals surface area contributed by atoms with E-state index in [0.717, 1.165) is 19.5 Å². The second-order valence-electron chi connectivity index (χ2n) is 6.63.